The van der Waals surface area contributed by atoms with Gasteiger partial charge >= 0.3 is 0 Å². The molecule has 2 nitrogen and oxygen atoms in total. The van der Waals surface area contributed by atoms with Gasteiger partial charge in [0, 0.05) is 17.6 Å². The smallest absolute Gasteiger partial charge is 0.0656 e. The van der Waals surface area contributed by atoms with E-state index < -0.39 is 0 Å². The van der Waals surface area contributed by atoms with Gasteiger partial charge in [-0.15, -0.1) is 0 Å². The molecular formula is C12H14ClNO. The fourth-order valence-corrected chi connectivity index (χ4v) is 1.64. The Balaban J connectivity index is 1.95. The molecule has 3 heteroatoms. The fraction of sp³-hybridized carbons (Fsp3) is 0.333. The third kappa shape index (κ3) is 3.34. The van der Waals surface area contributed by atoms with Crippen LogP contribution in [0.15, 0.2) is 30.3 Å². The molecule has 0 bridgehead atoms. The maximum Gasteiger partial charge on any atom is 0.0656 e. The van der Waals surface area contributed by atoms with E-state index in [1.807, 2.05) is 24.3 Å². The van der Waals surface area contributed by atoms with Crippen molar-refractivity contribution in [3.05, 3.63) is 40.9 Å². The number of ether oxygens (including phenoxy) is 1. The summed E-state index contributed by atoms with van der Waals surface area (Å²) >= 11 is 5.80. The summed E-state index contributed by atoms with van der Waals surface area (Å²) in [6.07, 6.45) is 4.21. The zero-order chi connectivity index (χ0) is 10.5. The first-order valence-corrected chi connectivity index (χ1v) is 5.47. The zero-order valence-corrected chi connectivity index (χ0v) is 9.20. The summed E-state index contributed by atoms with van der Waals surface area (Å²) in [7, 11) is 0. The highest BCUT2D eigenvalue weighted by molar-refractivity contribution is 6.30. The number of rotatable bonds is 2. The minimum atomic E-state index is 0.328. The maximum absolute atomic E-state index is 5.80. The Hall–Kier alpha value is -0.830. The van der Waals surface area contributed by atoms with E-state index in [9.17, 15) is 0 Å². The van der Waals surface area contributed by atoms with Crippen LogP contribution in [0, 0.1) is 0 Å². The molecule has 0 spiro atoms. The predicted octanol–water partition coefficient (Wildman–Crippen LogP) is 2.34. The molecule has 1 heterocycles. The lowest BCUT2D eigenvalue weighted by Crippen LogP contribution is -2.39. The quantitative estimate of drug-likeness (QED) is 0.831. The lowest BCUT2D eigenvalue weighted by molar-refractivity contribution is 0.0903. The average Bonchev–Trinajstić information content (AvgIpc) is 2.30. The molecule has 1 fully saturated rings. The van der Waals surface area contributed by atoms with Gasteiger partial charge in [0.1, 0.15) is 0 Å². The van der Waals surface area contributed by atoms with Crippen LogP contribution >= 0.6 is 11.6 Å². The van der Waals surface area contributed by atoms with Crippen LogP contribution in [0.4, 0.5) is 0 Å². The first-order chi connectivity index (χ1) is 7.34. The Bertz CT molecular complexity index is 328. The molecule has 80 valence electrons. The molecule has 1 aromatic carbocycles. The Morgan fingerprint density at radius 3 is 2.80 bits per heavy atom. The van der Waals surface area contributed by atoms with Crippen molar-refractivity contribution < 1.29 is 4.74 Å². The Labute approximate surface area is 94.9 Å². The standard InChI is InChI=1S/C12H14ClNO/c13-11-4-1-10(2-5-11)3-6-12-9-15-8-7-14-12/h1-6,12,14H,7-9H2/b6-3+. The van der Waals surface area contributed by atoms with Crippen molar-refractivity contribution in [2.75, 3.05) is 19.8 Å². The molecule has 1 saturated heterocycles. The van der Waals surface area contributed by atoms with Gasteiger partial charge in [0.25, 0.3) is 0 Å². The van der Waals surface area contributed by atoms with Gasteiger partial charge in [-0.05, 0) is 17.7 Å². The van der Waals surface area contributed by atoms with Gasteiger partial charge < -0.3 is 10.1 Å². The van der Waals surface area contributed by atoms with E-state index in [-0.39, 0.29) is 0 Å². The van der Waals surface area contributed by atoms with E-state index in [0.717, 1.165) is 30.3 Å². The van der Waals surface area contributed by atoms with Crippen LogP contribution in [0.5, 0.6) is 0 Å². The predicted molar refractivity (Wildman–Crippen MR) is 63.1 cm³/mol. The summed E-state index contributed by atoms with van der Waals surface area (Å²) in [6.45, 7) is 2.49. The largest absolute Gasteiger partial charge is 0.378 e. The van der Waals surface area contributed by atoms with Crippen LogP contribution in [-0.4, -0.2) is 25.8 Å². The van der Waals surface area contributed by atoms with Gasteiger partial charge in [-0.3, -0.25) is 0 Å². The number of benzene rings is 1. The van der Waals surface area contributed by atoms with E-state index in [0.29, 0.717) is 6.04 Å². The minimum Gasteiger partial charge on any atom is -0.378 e. The Morgan fingerprint density at radius 1 is 1.33 bits per heavy atom. The molecule has 2 rings (SSSR count). The summed E-state index contributed by atoms with van der Waals surface area (Å²) in [5, 5.41) is 4.13. The molecule has 1 aliphatic rings. The third-order valence-electron chi connectivity index (χ3n) is 2.34. The number of morpholine rings is 1. The molecular weight excluding hydrogens is 210 g/mol. The van der Waals surface area contributed by atoms with Crippen molar-refractivity contribution in [1.29, 1.82) is 0 Å². The van der Waals surface area contributed by atoms with Crippen LogP contribution in [-0.2, 0) is 4.74 Å². The summed E-state index contributed by atoms with van der Waals surface area (Å²) in [4.78, 5) is 0. The number of halogens is 1. The number of nitrogens with one attached hydrogen (secondary N) is 1. The highest BCUT2D eigenvalue weighted by atomic mass is 35.5. The normalized spacial score (nSPS) is 22.1. The van der Waals surface area contributed by atoms with Gasteiger partial charge in [-0.2, -0.15) is 0 Å². The highest BCUT2D eigenvalue weighted by Gasteiger charge is 2.08. The molecule has 15 heavy (non-hydrogen) atoms. The van der Waals surface area contributed by atoms with Crippen LogP contribution < -0.4 is 5.32 Å². The van der Waals surface area contributed by atoms with Crippen LogP contribution in [0.2, 0.25) is 5.02 Å². The van der Waals surface area contributed by atoms with Crippen molar-refractivity contribution in [1.82, 2.24) is 5.32 Å². The third-order valence-corrected chi connectivity index (χ3v) is 2.59. The van der Waals surface area contributed by atoms with Crippen LogP contribution in [0.3, 0.4) is 0 Å². The molecule has 1 aromatic rings. The second-order valence-corrected chi connectivity index (χ2v) is 3.98. The molecule has 1 unspecified atom stereocenters. The molecule has 0 saturated carbocycles. The van der Waals surface area contributed by atoms with Crippen molar-refractivity contribution in [3.8, 4) is 0 Å². The van der Waals surface area contributed by atoms with Gasteiger partial charge in [-0.1, -0.05) is 35.9 Å². The molecule has 1 aliphatic heterocycles. The highest BCUT2D eigenvalue weighted by Crippen LogP contribution is 2.11. The minimum absolute atomic E-state index is 0.328. The molecule has 0 aliphatic carbocycles. The molecule has 0 radical (unpaired) electrons. The van der Waals surface area contributed by atoms with E-state index in [1.165, 1.54) is 0 Å². The van der Waals surface area contributed by atoms with Gasteiger partial charge in [0.2, 0.25) is 0 Å². The first-order valence-electron chi connectivity index (χ1n) is 5.09. The van der Waals surface area contributed by atoms with E-state index in [2.05, 4.69) is 17.5 Å². The monoisotopic (exact) mass is 223 g/mol. The van der Waals surface area contributed by atoms with Crippen molar-refractivity contribution >= 4 is 17.7 Å². The van der Waals surface area contributed by atoms with Crippen molar-refractivity contribution in [3.63, 3.8) is 0 Å². The van der Waals surface area contributed by atoms with Gasteiger partial charge in [0.05, 0.1) is 13.2 Å². The first kappa shape index (κ1) is 10.7. The summed E-state index contributed by atoms with van der Waals surface area (Å²) < 4.78 is 5.35. The molecule has 0 amide bonds. The van der Waals surface area contributed by atoms with Crippen LogP contribution in [0.25, 0.3) is 6.08 Å². The summed E-state index contributed by atoms with van der Waals surface area (Å²) in [5.41, 5.74) is 1.16. The van der Waals surface area contributed by atoms with Crippen molar-refractivity contribution in [2.24, 2.45) is 0 Å². The zero-order valence-electron chi connectivity index (χ0n) is 8.45. The van der Waals surface area contributed by atoms with Crippen LogP contribution in [0.1, 0.15) is 5.56 Å². The summed E-state index contributed by atoms with van der Waals surface area (Å²) in [5.74, 6) is 0. The second kappa shape index (κ2) is 5.31. The van der Waals surface area contributed by atoms with E-state index in [1.54, 1.807) is 0 Å². The second-order valence-electron chi connectivity index (χ2n) is 3.55. The molecule has 1 N–H and O–H groups in total. The lowest BCUT2D eigenvalue weighted by atomic mass is 10.1. The molecule has 1 atom stereocenters. The Kier molecular flexibility index (Phi) is 3.78. The van der Waals surface area contributed by atoms with E-state index >= 15 is 0 Å². The maximum atomic E-state index is 5.80. The fourth-order valence-electron chi connectivity index (χ4n) is 1.51. The molecule has 0 aromatic heterocycles. The van der Waals surface area contributed by atoms with Gasteiger partial charge in [0.15, 0.2) is 0 Å². The SMILES string of the molecule is Clc1ccc(/C=C/C2COCCN2)cc1. The van der Waals surface area contributed by atoms with Crippen molar-refractivity contribution in [2.45, 2.75) is 6.04 Å². The summed E-state index contributed by atoms with van der Waals surface area (Å²) in [6, 6.07) is 8.12. The Morgan fingerprint density at radius 2 is 2.13 bits per heavy atom. The average molecular weight is 224 g/mol. The topological polar surface area (TPSA) is 21.3 Å². The number of hydrogen-bond acceptors (Lipinski definition) is 2. The lowest BCUT2D eigenvalue weighted by Gasteiger charge is -2.20. The van der Waals surface area contributed by atoms with E-state index in [4.69, 9.17) is 16.3 Å². The van der Waals surface area contributed by atoms with Gasteiger partial charge in [-0.25, -0.2) is 0 Å². The number of hydrogen-bond donors (Lipinski definition) is 1.